The number of hydrogen-bond donors (Lipinski definition) is 1. The van der Waals surface area contributed by atoms with Gasteiger partial charge in [0.05, 0.1) is 28.6 Å². The molecule has 0 saturated carbocycles. The molecule has 0 aliphatic heterocycles. The average molecular weight is 267 g/mol. The first-order valence-electron chi connectivity index (χ1n) is 4.82. The van der Waals surface area contributed by atoms with Crippen molar-refractivity contribution in [3.8, 4) is 5.69 Å². The lowest BCUT2D eigenvalue weighted by Crippen LogP contribution is -1.98. The van der Waals surface area contributed by atoms with E-state index in [4.69, 9.17) is 17.3 Å². The molecule has 3 aromatic rings. The van der Waals surface area contributed by atoms with Crippen LogP contribution in [0.2, 0.25) is 5.02 Å². The molecule has 0 spiro atoms. The maximum atomic E-state index is 6.16. The van der Waals surface area contributed by atoms with E-state index in [-0.39, 0.29) is 0 Å². The van der Waals surface area contributed by atoms with Gasteiger partial charge in [0.1, 0.15) is 16.7 Å². The number of nitrogens with two attached hydrogens (primary N) is 1. The Hall–Kier alpha value is -1.57. The van der Waals surface area contributed by atoms with Crippen LogP contribution in [0, 0.1) is 0 Å². The van der Waals surface area contributed by atoms with E-state index in [2.05, 4.69) is 19.1 Å². The third kappa shape index (κ3) is 1.68. The topological polar surface area (TPSA) is 82.5 Å². The van der Waals surface area contributed by atoms with Crippen LogP contribution in [0.3, 0.4) is 0 Å². The van der Waals surface area contributed by atoms with Crippen molar-refractivity contribution >= 4 is 34.4 Å². The highest BCUT2D eigenvalue weighted by Crippen LogP contribution is 2.27. The maximum absolute atomic E-state index is 6.16. The van der Waals surface area contributed by atoms with Crippen LogP contribution < -0.4 is 5.73 Å². The summed E-state index contributed by atoms with van der Waals surface area (Å²) in [6, 6.07) is 3.59. The fourth-order valence-electron chi connectivity index (χ4n) is 1.53. The standard InChI is InChI=1S/C9H7ClN6S/c10-6-1-2-7-8(14-17-13-7)9(6)16-4-5(3-11)12-15-16/h1-2,4H,3,11H2. The summed E-state index contributed by atoms with van der Waals surface area (Å²) in [4.78, 5) is 0. The molecular formula is C9H7ClN6S. The van der Waals surface area contributed by atoms with E-state index in [1.165, 1.54) is 0 Å². The molecule has 2 aromatic heterocycles. The fourth-order valence-corrected chi connectivity index (χ4v) is 2.31. The third-order valence-corrected chi connectivity index (χ3v) is 3.18. The molecule has 0 amide bonds. The Bertz CT molecular complexity index is 675. The van der Waals surface area contributed by atoms with Crippen molar-refractivity contribution < 1.29 is 0 Å². The molecule has 17 heavy (non-hydrogen) atoms. The average Bonchev–Trinajstić information content (AvgIpc) is 2.96. The van der Waals surface area contributed by atoms with Crippen LogP contribution in [0.4, 0.5) is 0 Å². The normalized spacial score (nSPS) is 11.2. The van der Waals surface area contributed by atoms with E-state index >= 15 is 0 Å². The predicted molar refractivity (Wildman–Crippen MR) is 65.2 cm³/mol. The Morgan fingerprint density at radius 3 is 3.00 bits per heavy atom. The zero-order valence-electron chi connectivity index (χ0n) is 8.54. The number of benzene rings is 1. The first-order valence-corrected chi connectivity index (χ1v) is 5.93. The molecule has 3 rings (SSSR count). The van der Waals surface area contributed by atoms with Gasteiger partial charge in [0, 0.05) is 6.54 Å². The fraction of sp³-hybridized carbons (Fsp3) is 0.111. The number of rotatable bonds is 2. The Balaban J connectivity index is 2.27. The summed E-state index contributed by atoms with van der Waals surface area (Å²) in [6.45, 7) is 0.336. The monoisotopic (exact) mass is 266 g/mol. The van der Waals surface area contributed by atoms with Gasteiger partial charge in [0.25, 0.3) is 0 Å². The molecule has 0 radical (unpaired) electrons. The van der Waals surface area contributed by atoms with Gasteiger partial charge in [-0.15, -0.1) is 5.10 Å². The molecule has 2 heterocycles. The van der Waals surface area contributed by atoms with Crippen molar-refractivity contribution in [3.05, 3.63) is 29.0 Å². The van der Waals surface area contributed by atoms with Crippen LogP contribution in [0.5, 0.6) is 0 Å². The van der Waals surface area contributed by atoms with E-state index in [0.717, 1.165) is 22.8 Å². The van der Waals surface area contributed by atoms with E-state index in [1.807, 2.05) is 6.07 Å². The molecule has 6 nitrogen and oxygen atoms in total. The summed E-state index contributed by atoms with van der Waals surface area (Å²) in [5, 5.41) is 8.47. The lowest BCUT2D eigenvalue weighted by Gasteiger charge is -2.02. The zero-order valence-corrected chi connectivity index (χ0v) is 10.1. The lowest BCUT2D eigenvalue weighted by molar-refractivity contribution is 0.800. The predicted octanol–water partition coefficient (Wildman–Crippen LogP) is 1.38. The SMILES string of the molecule is NCc1cn(-c2c(Cl)ccc3nsnc23)nn1. The molecule has 0 saturated heterocycles. The smallest absolute Gasteiger partial charge is 0.132 e. The number of nitrogens with zero attached hydrogens (tertiary/aromatic N) is 5. The minimum absolute atomic E-state index is 0.336. The number of hydrogen-bond acceptors (Lipinski definition) is 6. The number of halogens is 1. The molecule has 86 valence electrons. The Morgan fingerprint density at radius 2 is 2.24 bits per heavy atom. The second-order valence-electron chi connectivity index (χ2n) is 3.39. The second-order valence-corrected chi connectivity index (χ2v) is 4.32. The van der Waals surface area contributed by atoms with E-state index in [0.29, 0.717) is 22.9 Å². The lowest BCUT2D eigenvalue weighted by atomic mass is 10.2. The largest absolute Gasteiger partial charge is 0.325 e. The Labute approximate surface area is 105 Å². The molecular weight excluding hydrogens is 260 g/mol. The maximum Gasteiger partial charge on any atom is 0.132 e. The molecule has 0 aliphatic rings. The number of fused-ring (bicyclic) bond motifs is 1. The van der Waals surface area contributed by atoms with Gasteiger partial charge in [0.15, 0.2) is 0 Å². The summed E-state index contributed by atoms with van der Waals surface area (Å²) in [7, 11) is 0. The molecule has 2 N–H and O–H groups in total. The van der Waals surface area contributed by atoms with E-state index in [1.54, 1.807) is 16.9 Å². The van der Waals surface area contributed by atoms with Crippen LogP contribution in [0.25, 0.3) is 16.7 Å². The van der Waals surface area contributed by atoms with Crippen LogP contribution in [-0.2, 0) is 6.54 Å². The summed E-state index contributed by atoms with van der Waals surface area (Å²) < 4.78 is 9.95. The Kier molecular flexibility index (Phi) is 2.50. The molecule has 0 aliphatic carbocycles. The highest BCUT2D eigenvalue weighted by Gasteiger charge is 2.13. The van der Waals surface area contributed by atoms with Crippen molar-refractivity contribution in [1.82, 2.24) is 23.7 Å². The highest BCUT2D eigenvalue weighted by molar-refractivity contribution is 7.00. The van der Waals surface area contributed by atoms with Crippen molar-refractivity contribution in [2.45, 2.75) is 6.54 Å². The first-order chi connectivity index (χ1) is 8.29. The van der Waals surface area contributed by atoms with Crippen LogP contribution in [-0.4, -0.2) is 23.7 Å². The molecule has 8 heteroatoms. The summed E-state index contributed by atoms with van der Waals surface area (Å²) >= 11 is 7.30. The van der Waals surface area contributed by atoms with Gasteiger partial charge in [-0.2, -0.15) is 8.75 Å². The van der Waals surface area contributed by atoms with Gasteiger partial charge in [-0.25, -0.2) is 4.68 Å². The van der Waals surface area contributed by atoms with Crippen molar-refractivity contribution in [2.75, 3.05) is 0 Å². The van der Waals surface area contributed by atoms with Crippen molar-refractivity contribution in [2.24, 2.45) is 5.73 Å². The van der Waals surface area contributed by atoms with E-state index < -0.39 is 0 Å². The molecule has 0 bridgehead atoms. The van der Waals surface area contributed by atoms with Gasteiger partial charge in [0.2, 0.25) is 0 Å². The van der Waals surface area contributed by atoms with Crippen molar-refractivity contribution in [1.29, 1.82) is 0 Å². The van der Waals surface area contributed by atoms with E-state index in [9.17, 15) is 0 Å². The molecule has 0 atom stereocenters. The summed E-state index contributed by atoms with van der Waals surface area (Å²) in [5.41, 5.74) is 8.39. The van der Waals surface area contributed by atoms with Gasteiger partial charge >= 0.3 is 0 Å². The second kappa shape index (κ2) is 4.02. The molecule has 0 unspecified atom stereocenters. The van der Waals surface area contributed by atoms with Crippen molar-refractivity contribution in [3.63, 3.8) is 0 Å². The van der Waals surface area contributed by atoms with Crippen LogP contribution in [0.1, 0.15) is 5.69 Å². The third-order valence-electron chi connectivity index (χ3n) is 2.33. The highest BCUT2D eigenvalue weighted by atomic mass is 35.5. The minimum atomic E-state index is 0.336. The van der Waals surface area contributed by atoms with Crippen LogP contribution in [0.15, 0.2) is 18.3 Å². The zero-order chi connectivity index (χ0) is 11.8. The quantitative estimate of drug-likeness (QED) is 0.758. The molecule has 0 fully saturated rings. The minimum Gasteiger partial charge on any atom is -0.325 e. The summed E-state index contributed by atoms with van der Waals surface area (Å²) in [6.07, 6.45) is 1.74. The van der Waals surface area contributed by atoms with Gasteiger partial charge in [-0.3, -0.25) is 0 Å². The van der Waals surface area contributed by atoms with Crippen LogP contribution >= 0.6 is 23.3 Å². The summed E-state index contributed by atoms with van der Waals surface area (Å²) in [5.74, 6) is 0. The van der Waals surface area contributed by atoms with Gasteiger partial charge < -0.3 is 5.73 Å². The molecule has 1 aromatic carbocycles. The number of aromatic nitrogens is 5. The van der Waals surface area contributed by atoms with Gasteiger partial charge in [-0.05, 0) is 12.1 Å². The Morgan fingerprint density at radius 1 is 1.35 bits per heavy atom. The first kappa shape index (κ1) is 10.6. The van der Waals surface area contributed by atoms with Gasteiger partial charge in [-0.1, -0.05) is 16.8 Å².